The second-order valence-electron chi connectivity index (χ2n) is 4.91. The van der Waals surface area contributed by atoms with E-state index in [9.17, 15) is 9.18 Å². The number of para-hydroxylation sites is 1. The van der Waals surface area contributed by atoms with Crippen LogP contribution in [0.15, 0.2) is 47.3 Å². The molecule has 22 heavy (non-hydrogen) atoms. The number of benzene rings is 2. The Balaban J connectivity index is 2.12. The number of fused-ring (bicyclic) bond motifs is 3. The number of nitrogens with one attached hydrogen (secondary N) is 2. The number of halogens is 2. The summed E-state index contributed by atoms with van der Waals surface area (Å²) in [5, 5.41) is 1.02. The second kappa shape index (κ2) is 4.68. The number of pyridine rings is 1. The topological polar surface area (TPSA) is 61.5 Å². The maximum Gasteiger partial charge on any atom is 0.274 e. The van der Waals surface area contributed by atoms with E-state index in [0.29, 0.717) is 16.6 Å². The van der Waals surface area contributed by atoms with Crippen LogP contribution in [0.4, 0.5) is 4.39 Å². The molecule has 2 aromatic heterocycles. The Morgan fingerprint density at radius 2 is 1.86 bits per heavy atom. The van der Waals surface area contributed by atoms with Gasteiger partial charge in [-0.3, -0.25) is 4.79 Å². The summed E-state index contributed by atoms with van der Waals surface area (Å²) in [6.07, 6.45) is 0. The number of imidazole rings is 1. The molecule has 0 fully saturated rings. The van der Waals surface area contributed by atoms with Crippen LogP contribution in [0.25, 0.3) is 33.3 Å². The minimum atomic E-state index is -0.493. The van der Waals surface area contributed by atoms with Crippen molar-refractivity contribution in [3.8, 4) is 11.4 Å². The van der Waals surface area contributed by atoms with E-state index < -0.39 is 5.82 Å². The van der Waals surface area contributed by atoms with Gasteiger partial charge in [0.05, 0.1) is 16.1 Å². The van der Waals surface area contributed by atoms with Crippen molar-refractivity contribution in [3.63, 3.8) is 0 Å². The summed E-state index contributed by atoms with van der Waals surface area (Å²) < 4.78 is 14.0. The summed E-state index contributed by atoms with van der Waals surface area (Å²) in [6.45, 7) is 0. The summed E-state index contributed by atoms with van der Waals surface area (Å²) in [7, 11) is 0. The van der Waals surface area contributed by atoms with Crippen LogP contribution in [0, 0.1) is 5.82 Å². The molecule has 4 aromatic rings. The molecule has 2 heterocycles. The number of hydrogen-bond acceptors (Lipinski definition) is 2. The van der Waals surface area contributed by atoms with E-state index in [2.05, 4.69) is 15.0 Å². The van der Waals surface area contributed by atoms with Crippen LogP contribution in [0.5, 0.6) is 0 Å². The van der Waals surface area contributed by atoms with Gasteiger partial charge in [-0.1, -0.05) is 35.9 Å². The van der Waals surface area contributed by atoms with Gasteiger partial charge >= 0.3 is 0 Å². The molecule has 2 aromatic carbocycles. The van der Waals surface area contributed by atoms with Gasteiger partial charge in [0.2, 0.25) is 0 Å². The van der Waals surface area contributed by atoms with Crippen molar-refractivity contribution in [1.29, 1.82) is 0 Å². The fourth-order valence-corrected chi connectivity index (χ4v) is 2.81. The van der Waals surface area contributed by atoms with Gasteiger partial charge in [0, 0.05) is 5.39 Å². The molecule has 0 aliphatic carbocycles. The molecule has 0 aliphatic rings. The monoisotopic (exact) mass is 313 g/mol. The first-order valence-corrected chi connectivity index (χ1v) is 6.98. The van der Waals surface area contributed by atoms with Gasteiger partial charge in [0.1, 0.15) is 22.7 Å². The zero-order valence-corrected chi connectivity index (χ0v) is 11.9. The number of aromatic nitrogens is 3. The smallest absolute Gasteiger partial charge is 0.274 e. The molecule has 2 N–H and O–H groups in total. The van der Waals surface area contributed by atoms with Crippen LogP contribution in [0.2, 0.25) is 5.02 Å². The summed E-state index contributed by atoms with van der Waals surface area (Å²) in [4.78, 5) is 22.2. The molecule has 0 unspecified atom stereocenters. The highest BCUT2D eigenvalue weighted by atomic mass is 35.5. The van der Waals surface area contributed by atoms with Gasteiger partial charge in [0.25, 0.3) is 5.56 Å². The van der Waals surface area contributed by atoms with Gasteiger partial charge < -0.3 is 9.97 Å². The van der Waals surface area contributed by atoms with Crippen molar-refractivity contribution in [3.05, 3.63) is 63.7 Å². The van der Waals surface area contributed by atoms with Crippen molar-refractivity contribution in [2.24, 2.45) is 0 Å². The predicted octanol–water partition coefficient (Wildman–Crippen LogP) is 3.86. The van der Waals surface area contributed by atoms with Crippen LogP contribution in [-0.4, -0.2) is 15.0 Å². The maximum atomic E-state index is 14.0. The Labute approximate surface area is 128 Å². The van der Waals surface area contributed by atoms with Crippen molar-refractivity contribution in [1.82, 2.24) is 15.0 Å². The molecule has 0 saturated carbocycles. The minimum Gasteiger partial charge on any atom is -0.333 e. The minimum absolute atomic E-state index is 0.156. The van der Waals surface area contributed by atoms with E-state index >= 15 is 0 Å². The standard InChI is InChI=1S/C16H9ClFN3O/c17-9-5-3-6-10(18)12(9)15-20-13-8-4-1-2-7-11(8)19-16(22)14(13)21-15/h1-7H,(H,19,22)(H,20,21). The Morgan fingerprint density at radius 1 is 1.05 bits per heavy atom. The molecule has 4 rings (SSSR count). The molecule has 4 nitrogen and oxygen atoms in total. The Morgan fingerprint density at radius 3 is 2.68 bits per heavy atom. The molecule has 0 radical (unpaired) electrons. The van der Waals surface area contributed by atoms with Crippen LogP contribution in [-0.2, 0) is 0 Å². The van der Waals surface area contributed by atoms with Crippen molar-refractivity contribution < 1.29 is 4.39 Å². The van der Waals surface area contributed by atoms with Crippen molar-refractivity contribution in [2.45, 2.75) is 0 Å². The van der Waals surface area contributed by atoms with E-state index in [1.54, 1.807) is 12.1 Å². The zero-order chi connectivity index (χ0) is 15.3. The maximum absolute atomic E-state index is 14.0. The van der Waals surface area contributed by atoms with Crippen LogP contribution >= 0.6 is 11.6 Å². The number of rotatable bonds is 1. The average Bonchev–Trinajstić information content (AvgIpc) is 2.93. The van der Waals surface area contributed by atoms with Gasteiger partial charge in [-0.15, -0.1) is 0 Å². The molecule has 0 saturated heterocycles. The van der Waals surface area contributed by atoms with Crippen LogP contribution in [0.1, 0.15) is 0 Å². The molecule has 0 bridgehead atoms. The van der Waals surface area contributed by atoms with E-state index in [-0.39, 0.29) is 22.0 Å². The SMILES string of the molecule is O=c1[nH]c2ccccc2c2nc(-c3c(F)cccc3Cl)[nH]c12. The first kappa shape index (κ1) is 13.0. The third-order valence-corrected chi connectivity index (χ3v) is 3.88. The van der Waals surface area contributed by atoms with Gasteiger partial charge in [-0.05, 0) is 18.2 Å². The number of H-pyrrole nitrogens is 2. The van der Waals surface area contributed by atoms with Crippen LogP contribution < -0.4 is 5.56 Å². The van der Waals surface area contributed by atoms with Gasteiger partial charge in [0.15, 0.2) is 0 Å². The molecule has 108 valence electrons. The summed E-state index contributed by atoms with van der Waals surface area (Å²) >= 11 is 6.06. The zero-order valence-electron chi connectivity index (χ0n) is 11.2. The van der Waals surface area contributed by atoms with Gasteiger partial charge in [-0.25, -0.2) is 9.37 Å². The third-order valence-electron chi connectivity index (χ3n) is 3.56. The number of aromatic amines is 2. The average molecular weight is 314 g/mol. The van der Waals surface area contributed by atoms with Crippen molar-refractivity contribution >= 4 is 33.5 Å². The molecule has 0 atom stereocenters. The lowest BCUT2D eigenvalue weighted by atomic mass is 10.2. The quantitative estimate of drug-likeness (QED) is 0.560. The fourth-order valence-electron chi connectivity index (χ4n) is 2.56. The largest absolute Gasteiger partial charge is 0.333 e. The lowest BCUT2D eigenvalue weighted by Gasteiger charge is -2.01. The van der Waals surface area contributed by atoms with Crippen molar-refractivity contribution in [2.75, 3.05) is 0 Å². The second-order valence-corrected chi connectivity index (χ2v) is 5.31. The highest BCUT2D eigenvalue weighted by Crippen LogP contribution is 2.30. The summed E-state index contributed by atoms with van der Waals surface area (Å²) in [6, 6.07) is 11.7. The normalized spacial score (nSPS) is 11.4. The highest BCUT2D eigenvalue weighted by Gasteiger charge is 2.16. The van der Waals surface area contributed by atoms with E-state index in [0.717, 1.165) is 5.39 Å². The molecule has 0 amide bonds. The Kier molecular flexibility index (Phi) is 2.77. The number of hydrogen-bond donors (Lipinski definition) is 2. The molecule has 0 spiro atoms. The first-order chi connectivity index (χ1) is 10.6. The van der Waals surface area contributed by atoms with Crippen LogP contribution in [0.3, 0.4) is 0 Å². The van der Waals surface area contributed by atoms with E-state index in [1.165, 1.54) is 12.1 Å². The molecular weight excluding hydrogens is 305 g/mol. The molecule has 0 aliphatic heterocycles. The Hall–Kier alpha value is -2.66. The Bertz CT molecular complexity index is 1060. The van der Waals surface area contributed by atoms with E-state index in [4.69, 9.17) is 11.6 Å². The molecular formula is C16H9ClFN3O. The fraction of sp³-hybridized carbons (Fsp3) is 0. The van der Waals surface area contributed by atoms with Gasteiger partial charge in [-0.2, -0.15) is 0 Å². The lowest BCUT2D eigenvalue weighted by molar-refractivity contribution is 0.630. The lowest BCUT2D eigenvalue weighted by Crippen LogP contribution is -2.06. The first-order valence-electron chi connectivity index (χ1n) is 6.60. The molecule has 6 heteroatoms. The third kappa shape index (κ3) is 1.83. The van der Waals surface area contributed by atoms with E-state index in [1.807, 2.05) is 18.2 Å². The summed E-state index contributed by atoms with van der Waals surface area (Å²) in [5.41, 5.74) is 1.32. The number of nitrogens with zero attached hydrogens (tertiary/aromatic N) is 1. The highest BCUT2D eigenvalue weighted by molar-refractivity contribution is 6.33. The predicted molar refractivity (Wildman–Crippen MR) is 84.6 cm³/mol. The summed E-state index contributed by atoms with van der Waals surface area (Å²) in [5.74, 6) is -0.257.